The number of rotatable bonds is 4. The Morgan fingerprint density at radius 2 is 1.81 bits per heavy atom. The van der Waals surface area contributed by atoms with Crippen molar-refractivity contribution in [1.82, 2.24) is 20.9 Å². The van der Waals surface area contributed by atoms with Crippen LogP contribution in [-0.2, 0) is 16.1 Å². The van der Waals surface area contributed by atoms with Crippen molar-refractivity contribution in [3.05, 3.63) is 34.9 Å². The van der Waals surface area contributed by atoms with Gasteiger partial charge >= 0.3 is 6.18 Å². The van der Waals surface area contributed by atoms with Gasteiger partial charge in [-0.3, -0.25) is 29.4 Å². The third-order valence-corrected chi connectivity index (χ3v) is 5.90. The van der Waals surface area contributed by atoms with Crippen LogP contribution in [0.1, 0.15) is 52.0 Å². The van der Waals surface area contributed by atoms with Crippen LogP contribution < -0.4 is 16.0 Å². The number of nitrogens with zero attached hydrogens (tertiary/aromatic N) is 1. The quantitative estimate of drug-likeness (QED) is 0.602. The lowest BCUT2D eigenvalue weighted by atomic mass is 9.98. The minimum absolute atomic E-state index is 0.0359. The Morgan fingerprint density at radius 3 is 2.52 bits per heavy atom. The molecule has 11 heteroatoms. The lowest BCUT2D eigenvalue weighted by molar-refractivity contribution is -0.161. The summed E-state index contributed by atoms with van der Waals surface area (Å²) < 4.78 is 38.8. The van der Waals surface area contributed by atoms with Crippen molar-refractivity contribution in [3.63, 3.8) is 0 Å². The van der Waals surface area contributed by atoms with Gasteiger partial charge in [0.1, 0.15) is 12.1 Å². The molecule has 3 unspecified atom stereocenters. The molecular formula is C20H21F3N4O4. The van der Waals surface area contributed by atoms with Gasteiger partial charge < -0.3 is 10.6 Å². The molecule has 0 saturated carbocycles. The first-order valence-corrected chi connectivity index (χ1v) is 10.0. The van der Waals surface area contributed by atoms with E-state index in [2.05, 4.69) is 16.0 Å². The van der Waals surface area contributed by atoms with Gasteiger partial charge in [0.05, 0.1) is 11.1 Å². The van der Waals surface area contributed by atoms with Gasteiger partial charge in [0.2, 0.25) is 11.8 Å². The number of carbonyl (C=O) groups is 4. The van der Waals surface area contributed by atoms with Crippen LogP contribution in [0.25, 0.3) is 0 Å². The second kappa shape index (κ2) is 8.04. The molecule has 3 aliphatic heterocycles. The molecule has 4 amide bonds. The molecule has 4 rings (SSSR count). The molecule has 0 bridgehead atoms. The van der Waals surface area contributed by atoms with Crippen molar-refractivity contribution in [3.8, 4) is 0 Å². The molecule has 2 fully saturated rings. The van der Waals surface area contributed by atoms with E-state index in [0.717, 1.165) is 4.90 Å². The van der Waals surface area contributed by atoms with E-state index in [0.29, 0.717) is 12.0 Å². The number of nitrogens with one attached hydrogen (secondary N) is 3. The van der Waals surface area contributed by atoms with Gasteiger partial charge in [-0.25, -0.2) is 0 Å². The van der Waals surface area contributed by atoms with Crippen LogP contribution in [-0.4, -0.2) is 59.4 Å². The number of benzene rings is 1. The second-order valence-electron chi connectivity index (χ2n) is 7.98. The highest BCUT2D eigenvalue weighted by Crippen LogP contribution is 2.29. The number of carbonyl (C=O) groups excluding carboxylic acids is 4. The monoisotopic (exact) mass is 438 g/mol. The fourth-order valence-electron chi connectivity index (χ4n) is 4.24. The minimum atomic E-state index is -4.31. The Kier molecular flexibility index (Phi) is 5.56. The molecule has 8 nitrogen and oxygen atoms in total. The number of amides is 4. The zero-order valence-electron chi connectivity index (χ0n) is 16.4. The maximum absolute atomic E-state index is 12.9. The molecule has 0 radical (unpaired) electrons. The highest BCUT2D eigenvalue weighted by molar-refractivity contribution is 6.23. The third kappa shape index (κ3) is 4.19. The number of halogens is 3. The van der Waals surface area contributed by atoms with Gasteiger partial charge in [0.15, 0.2) is 0 Å². The molecular weight excluding hydrogens is 417 g/mol. The number of alkyl halides is 3. The van der Waals surface area contributed by atoms with Crippen molar-refractivity contribution in [1.29, 1.82) is 0 Å². The van der Waals surface area contributed by atoms with Crippen molar-refractivity contribution >= 4 is 23.6 Å². The Morgan fingerprint density at radius 1 is 1.06 bits per heavy atom. The largest absolute Gasteiger partial charge is 0.403 e. The Balaban J connectivity index is 1.44. The van der Waals surface area contributed by atoms with Crippen molar-refractivity contribution in [2.24, 2.45) is 0 Å². The average Bonchev–Trinajstić information content (AvgIpc) is 2.96. The van der Waals surface area contributed by atoms with Crippen LogP contribution in [0.15, 0.2) is 18.2 Å². The van der Waals surface area contributed by atoms with Crippen molar-refractivity contribution in [2.75, 3.05) is 6.54 Å². The SMILES string of the molecule is O=C1CCC(N2C(=O)c3ccc(CNC4CCNC(C(F)(F)F)C4)cc3C2=O)C(=O)N1. The van der Waals surface area contributed by atoms with E-state index in [1.165, 1.54) is 12.1 Å². The van der Waals surface area contributed by atoms with Crippen LogP contribution in [0.5, 0.6) is 0 Å². The third-order valence-electron chi connectivity index (χ3n) is 5.90. The van der Waals surface area contributed by atoms with Gasteiger partial charge in [-0.2, -0.15) is 13.2 Å². The molecule has 2 saturated heterocycles. The fraction of sp³-hybridized carbons (Fsp3) is 0.500. The molecule has 3 heterocycles. The summed E-state index contributed by atoms with van der Waals surface area (Å²) in [6.45, 7) is 0.488. The van der Waals surface area contributed by atoms with Crippen LogP contribution in [0.3, 0.4) is 0 Å². The molecule has 0 aromatic heterocycles. The maximum atomic E-state index is 12.9. The smallest absolute Gasteiger partial charge is 0.310 e. The molecule has 3 N–H and O–H groups in total. The first kappa shape index (κ1) is 21.4. The summed E-state index contributed by atoms with van der Waals surface area (Å²) in [5.41, 5.74) is 0.956. The number of hydrogen-bond acceptors (Lipinski definition) is 6. The predicted molar refractivity (Wildman–Crippen MR) is 101 cm³/mol. The van der Waals surface area contributed by atoms with Gasteiger partial charge in [0, 0.05) is 19.0 Å². The molecule has 31 heavy (non-hydrogen) atoms. The topological polar surface area (TPSA) is 108 Å². The number of imide groups is 2. The zero-order chi connectivity index (χ0) is 22.3. The molecule has 166 valence electrons. The van der Waals surface area contributed by atoms with Gasteiger partial charge in [-0.05, 0) is 43.5 Å². The first-order valence-electron chi connectivity index (χ1n) is 10.0. The van der Waals surface area contributed by atoms with E-state index >= 15 is 0 Å². The molecule has 3 atom stereocenters. The van der Waals surface area contributed by atoms with Crippen molar-refractivity contribution < 1.29 is 32.3 Å². The van der Waals surface area contributed by atoms with E-state index in [1.807, 2.05) is 0 Å². The van der Waals surface area contributed by atoms with E-state index in [4.69, 9.17) is 0 Å². The van der Waals surface area contributed by atoms with Crippen LogP contribution in [0.4, 0.5) is 13.2 Å². The van der Waals surface area contributed by atoms with Crippen molar-refractivity contribution in [2.45, 2.75) is 56.5 Å². The summed E-state index contributed by atoms with van der Waals surface area (Å²) in [5.74, 6) is -2.34. The zero-order valence-corrected chi connectivity index (χ0v) is 16.4. The summed E-state index contributed by atoms with van der Waals surface area (Å²) in [6.07, 6.45) is -3.75. The van der Waals surface area contributed by atoms with Crippen LogP contribution in [0, 0.1) is 0 Å². The highest BCUT2D eigenvalue weighted by atomic mass is 19.4. The Labute approximate surface area is 175 Å². The first-order chi connectivity index (χ1) is 14.6. The van der Waals surface area contributed by atoms with Gasteiger partial charge in [0.25, 0.3) is 11.8 Å². The van der Waals surface area contributed by atoms with E-state index in [-0.39, 0.29) is 49.5 Å². The Hall–Kier alpha value is -2.79. The summed E-state index contributed by atoms with van der Waals surface area (Å²) in [6, 6.07) is 1.71. The average molecular weight is 438 g/mol. The fourth-order valence-corrected chi connectivity index (χ4v) is 4.24. The summed E-state index contributed by atoms with van der Waals surface area (Å²) in [4.78, 5) is 49.8. The number of piperidine rings is 2. The predicted octanol–water partition coefficient (Wildman–Crippen LogP) is 0.860. The Bertz CT molecular complexity index is 949. The molecule has 3 aliphatic rings. The standard InChI is InChI=1S/C20H21F3N4O4/c21-20(22,23)15-8-11(5-6-24-15)25-9-10-1-2-12-13(7-10)19(31)27(18(12)30)14-3-4-16(28)26-17(14)29/h1-2,7,11,14-15,24-25H,3-6,8-9H2,(H,26,28,29). The summed E-state index contributed by atoms with van der Waals surface area (Å²) in [7, 11) is 0. The van der Waals surface area contributed by atoms with Crippen LogP contribution >= 0.6 is 0 Å². The second-order valence-corrected chi connectivity index (χ2v) is 7.98. The summed E-state index contributed by atoms with van der Waals surface area (Å²) in [5, 5.41) is 7.70. The van der Waals surface area contributed by atoms with Gasteiger partial charge in [-0.1, -0.05) is 6.07 Å². The van der Waals surface area contributed by atoms with Gasteiger partial charge in [-0.15, -0.1) is 0 Å². The summed E-state index contributed by atoms with van der Waals surface area (Å²) >= 11 is 0. The minimum Gasteiger partial charge on any atom is -0.310 e. The maximum Gasteiger partial charge on any atom is 0.403 e. The number of fused-ring (bicyclic) bond motifs is 1. The molecule has 0 spiro atoms. The molecule has 0 aliphatic carbocycles. The molecule has 1 aromatic carbocycles. The van der Waals surface area contributed by atoms with Crippen LogP contribution in [0.2, 0.25) is 0 Å². The molecule has 1 aromatic rings. The normalized spacial score (nSPS) is 26.8. The van der Waals surface area contributed by atoms with E-state index in [1.54, 1.807) is 6.07 Å². The number of hydrogen-bond donors (Lipinski definition) is 3. The van der Waals surface area contributed by atoms with E-state index < -0.39 is 41.9 Å². The highest BCUT2D eigenvalue weighted by Gasteiger charge is 2.45. The lowest BCUT2D eigenvalue weighted by Gasteiger charge is -2.32. The van der Waals surface area contributed by atoms with E-state index in [9.17, 15) is 32.3 Å². The lowest BCUT2D eigenvalue weighted by Crippen LogP contribution is -2.54.